The maximum Gasteiger partial charge on any atom is 0.347 e. The highest BCUT2D eigenvalue weighted by atomic mass is 16.6. The van der Waals surface area contributed by atoms with E-state index in [1.54, 1.807) is 0 Å². The molecule has 0 rings (SSSR count). The van der Waals surface area contributed by atoms with Gasteiger partial charge >= 0.3 is 47.8 Å². The van der Waals surface area contributed by atoms with Gasteiger partial charge in [0, 0.05) is 25.7 Å². The lowest BCUT2D eigenvalue weighted by molar-refractivity contribution is -0.176. The Kier molecular flexibility index (Phi) is 75.6. The van der Waals surface area contributed by atoms with E-state index in [0.29, 0.717) is 38.5 Å². The predicted molar refractivity (Wildman–Crippen MR) is 450 cm³/mol. The third-order valence-corrected chi connectivity index (χ3v) is 22.4. The summed E-state index contributed by atoms with van der Waals surface area (Å²) in [6.07, 6.45) is 70.9. The van der Waals surface area contributed by atoms with Gasteiger partial charge in [0.25, 0.3) is 0 Å². The Morgan fingerprint density at radius 3 is 0.491 bits per heavy atom. The number of unbranched alkanes of at least 4 members (excludes halogenated alkanes) is 56. The number of carbonyl (C=O) groups excluding carboxylic acids is 8. The molecule has 0 fully saturated rings. The van der Waals surface area contributed by atoms with E-state index in [-0.39, 0.29) is 89.2 Å². The van der Waals surface area contributed by atoms with Crippen LogP contribution in [0, 0.1) is 10.8 Å². The summed E-state index contributed by atoms with van der Waals surface area (Å²) in [4.78, 5) is 106. The highest BCUT2D eigenvalue weighted by Gasteiger charge is 2.37. The number of ether oxygens (including phenoxy) is 8. The molecule has 0 amide bonds. The summed E-state index contributed by atoms with van der Waals surface area (Å²) in [5, 5.41) is 0. The van der Waals surface area contributed by atoms with Crippen LogP contribution < -0.4 is 0 Å². The van der Waals surface area contributed by atoms with Gasteiger partial charge in [-0.3, -0.25) is 28.8 Å². The van der Waals surface area contributed by atoms with E-state index in [1.807, 2.05) is 13.8 Å². The molecule has 0 aromatic heterocycles. The third-order valence-electron chi connectivity index (χ3n) is 22.4. The topological polar surface area (TPSA) is 210 Å². The third kappa shape index (κ3) is 68.2. The SMILES string of the molecule is CCCCCCCCCCCCCCCCCC(=O)OCC(CC)(COC(=O)CCCCCCCCCCCCCCCCC)COC(=O)C(C)OC(=O)CCC(=O)OC(C)C(=O)OCC(CC)(COC(=O)CCCCCCCCCCCCCCCCC)COC(=O)CCCCCCCCCCCCCCCCC. The van der Waals surface area contributed by atoms with Gasteiger partial charge < -0.3 is 37.9 Å². The predicted octanol–water partition coefficient (Wildman–Crippen LogP) is 26.7. The molecule has 2 unspecified atom stereocenters. The zero-order chi connectivity index (χ0) is 80.8. The smallest absolute Gasteiger partial charge is 0.347 e. The minimum Gasteiger partial charge on any atom is -0.465 e. The molecule has 110 heavy (non-hydrogen) atoms. The molecule has 0 aliphatic heterocycles. The lowest BCUT2D eigenvalue weighted by atomic mass is 9.88. The van der Waals surface area contributed by atoms with Crippen molar-refractivity contribution < 1.29 is 76.3 Å². The summed E-state index contributed by atoms with van der Waals surface area (Å²) in [6, 6.07) is 0. The van der Waals surface area contributed by atoms with Gasteiger partial charge in [0.05, 0.1) is 23.7 Å². The molecule has 0 saturated carbocycles. The van der Waals surface area contributed by atoms with E-state index in [0.717, 1.165) is 77.0 Å². The van der Waals surface area contributed by atoms with Gasteiger partial charge in [-0.25, -0.2) is 9.59 Å². The first-order valence-corrected chi connectivity index (χ1v) is 46.9. The Bertz CT molecular complexity index is 1920. The minimum absolute atomic E-state index is 0.146. The van der Waals surface area contributed by atoms with Crippen LogP contribution in [0.4, 0.5) is 0 Å². The van der Waals surface area contributed by atoms with Crippen molar-refractivity contribution in [2.75, 3.05) is 39.6 Å². The molecule has 0 aromatic rings. The molecule has 0 spiro atoms. The molecule has 16 nitrogen and oxygen atoms in total. The molecule has 2 atom stereocenters. The Morgan fingerprint density at radius 1 is 0.191 bits per heavy atom. The van der Waals surface area contributed by atoms with Crippen LogP contribution in [-0.2, 0) is 76.3 Å². The molecule has 0 saturated heterocycles. The number of carbonyl (C=O) groups is 8. The van der Waals surface area contributed by atoms with Crippen molar-refractivity contribution in [3.05, 3.63) is 0 Å². The molecule has 0 N–H and O–H groups in total. The van der Waals surface area contributed by atoms with E-state index in [2.05, 4.69) is 27.7 Å². The molecule has 646 valence electrons. The Labute approximate surface area is 675 Å². The van der Waals surface area contributed by atoms with Gasteiger partial charge in [0.1, 0.15) is 39.6 Å². The first-order valence-electron chi connectivity index (χ1n) is 46.9. The summed E-state index contributed by atoms with van der Waals surface area (Å²) in [7, 11) is 0. The van der Waals surface area contributed by atoms with Gasteiger partial charge in [-0.2, -0.15) is 0 Å². The highest BCUT2D eigenvalue weighted by molar-refractivity contribution is 5.83. The van der Waals surface area contributed by atoms with Crippen molar-refractivity contribution in [1.82, 2.24) is 0 Å². The van der Waals surface area contributed by atoms with E-state index in [1.165, 1.54) is 296 Å². The monoisotopic (exact) mass is 1560 g/mol. The van der Waals surface area contributed by atoms with E-state index in [9.17, 15) is 38.4 Å². The van der Waals surface area contributed by atoms with Crippen LogP contribution in [0.25, 0.3) is 0 Å². The van der Waals surface area contributed by atoms with Crippen LogP contribution in [0.5, 0.6) is 0 Å². The number of hydrogen-bond donors (Lipinski definition) is 0. The Hall–Kier alpha value is -4.24. The van der Waals surface area contributed by atoms with Crippen molar-refractivity contribution in [3.8, 4) is 0 Å². The van der Waals surface area contributed by atoms with Gasteiger partial charge in [0.2, 0.25) is 0 Å². The van der Waals surface area contributed by atoms with E-state index >= 15 is 0 Å². The van der Waals surface area contributed by atoms with Crippen LogP contribution in [0.2, 0.25) is 0 Å². The van der Waals surface area contributed by atoms with Gasteiger partial charge in [-0.15, -0.1) is 0 Å². The van der Waals surface area contributed by atoms with E-state index in [4.69, 9.17) is 37.9 Å². The van der Waals surface area contributed by atoms with Crippen molar-refractivity contribution >= 4 is 47.8 Å². The molecular formula is C94H174O16. The maximum absolute atomic E-state index is 13.5. The summed E-state index contributed by atoms with van der Waals surface area (Å²) in [6.45, 7) is 14.3. The van der Waals surface area contributed by atoms with Crippen LogP contribution in [0.1, 0.15) is 492 Å². The van der Waals surface area contributed by atoms with Crippen LogP contribution >= 0.6 is 0 Å². The lowest BCUT2D eigenvalue weighted by Gasteiger charge is -2.31. The normalized spacial score (nSPS) is 12.2. The molecule has 0 aliphatic rings. The second-order valence-electron chi connectivity index (χ2n) is 33.1. The number of esters is 8. The van der Waals surface area contributed by atoms with Crippen LogP contribution in [0.15, 0.2) is 0 Å². The van der Waals surface area contributed by atoms with Crippen LogP contribution in [-0.4, -0.2) is 99.6 Å². The molecule has 16 heteroatoms. The average molecular weight is 1560 g/mol. The van der Waals surface area contributed by atoms with Gasteiger partial charge in [-0.1, -0.05) is 401 Å². The van der Waals surface area contributed by atoms with Crippen molar-refractivity contribution in [2.45, 2.75) is 504 Å². The summed E-state index contributed by atoms with van der Waals surface area (Å²) in [5.74, 6) is -5.02. The lowest BCUT2D eigenvalue weighted by Crippen LogP contribution is -2.40. The second kappa shape index (κ2) is 78.6. The van der Waals surface area contributed by atoms with E-state index < -0.39 is 59.8 Å². The summed E-state index contributed by atoms with van der Waals surface area (Å²) >= 11 is 0. The Balaban J connectivity index is 5.50. The zero-order valence-electron chi connectivity index (χ0n) is 73.0. The van der Waals surface area contributed by atoms with Gasteiger partial charge in [0.15, 0.2) is 12.2 Å². The maximum atomic E-state index is 13.5. The van der Waals surface area contributed by atoms with Gasteiger partial charge in [-0.05, 0) is 52.4 Å². The van der Waals surface area contributed by atoms with Crippen molar-refractivity contribution in [3.63, 3.8) is 0 Å². The second-order valence-corrected chi connectivity index (χ2v) is 33.1. The molecule has 0 aromatic carbocycles. The number of hydrogen-bond acceptors (Lipinski definition) is 16. The summed E-state index contributed by atoms with van der Waals surface area (Å²) in [5.41, 5.74) is -2.13. The molecule has 0 bridgehead atoms. The fraction of sp³-hybridized carbons (Fsp3) is 0.915. The summed E-state index contributed by atoms with van der Waals surface area (Å²) < 4.78 is 45.6. The fourth-order valence-corrected chi connectivity index (χ4v) is 14.1. The minimum atomic E-state index is -1.39. The first-order chi connectivity index (χ1) is 53.5. The van der Waals surface area contributed by atoms with Crippen molar-refractivity contribution in [2.24, 2.45) is 10.8 Å². The van der Waals surface area contributed by atoms with Crippen LogP contribution in [0.3, 0.4) is 0 Å². The average Bonchev–Trinajstić information content (AvgIpc) is 0.865. The quantitative estimate of drug-likeness (QED) is 0.0315. The molecular weight excluding hydrogens is 1390 g/mol. The number of rotatable bonds is 85. The highest BCUT2D eigenvalue weighted by Crippen LogP contribution is 2.29. The molecule has 0 aliphatic carbocycles. The Morgan fingerprint density at radius 2 is 0.336 bits per heavy atom. The standard InChI is InChI=1S/C94H174O16/c1-9-15-19-23-27-31-35-39-43-47-51-55-59-63-67-71-85(95)103-77-93(13-5,78-104-86(96)72-68-64-60-56-52-48-44-40-36-32-28-24-20-16-10-2)81-107-91(101)83(7)109-89(99)75-76-90(100)110-84(8)92(102)108-82-94(14-6,79-105-87(97)73-69-65-61-57-53-49-45-41-37-33-29-25-21-17-11-3)80-106-88(98)74-70-66-62-58-54-50-46-42-38-34-30-26-22-18-12-4/h83-84H,9-82H2,1-8H3. The molecule has 0 radical (unpaired) electrons. The molecule has 0 heterocycles. The fourth-order valence-electron chi connectivity index (χ4n) is 14.1. The largest absolute Gasteiger partial charge is 0.465 e. The van der Waals surface area contributed by atoms with Crippen molar-refractivity contribution in [1.29, 1.82) is 0 Å². The zero-order valence-corrected chi connectivity index (χ0v) is 73.0. The first kappa shape index (κ1) is 106.